The van der Waals surface area contributed by atoms with Gasteiger partial charge in [-0.15, -0.1) is 9.24 Å². The fraction of sp³-hybridized carbons (Fsp3) is 0.600. The molecule has 0 aromatic carbocycles. The first-order chi connectivity index (χ1) is 7.70. The molecule has 1 aliphatic heterocycles. The Bertz CT molecular complexity index is 380. The molecule has 6 heteroatoms. The van der Waals surface area contributed by atoms with Gasteiger partial charge >= 0.3 is 5.91 Å². The number of hydrogen-bond donors (Lipinski definition) is 1. The maximum atomic E-state index is 10.8. The van der Waals surface area contributed by atoms with Crippen LogP contribution in [0, 0.1) is 0 Å². The first-order valence-electron chi connectivity index (χ1n) is 5.31. The normalized spacial score (nSPS) is 24.8. The lowest BCUT2D eigenvalue weighted by Crippen LogP contribution is -2.12. The van der Waals surface area contributed by atoms with Crippen molar-refractivity contribution in [1.82, 2.24) is 4.98 Å². The van der Waals surface area contributed by atoms with Crippen molar-refractivity contribution >= 4 is 15.1 Å². The summed E-state index contributed by atoms with van der Waals surface area (Å²) < 4.78 is 10.8. The molecule has 3 atom stereocenters. The van der Waals surface area contributed by atoms with Gasteiger partial charge < -0.3 is 14.9 Å². The third-order valence-corrected chi connectivity index (χ3v) is 2.99. The predicted octanol–water partition coefficient (Wildman–Crippen LogP) is 1.26. The van der Waals surface area contributed by atoms with Gasteiger partial charge in [0, 0.05) is 0 Å². The molecule has 2 N–H and O–H groups in total. The molecule has 0 spiro atoms. The summed E-state index contributed by atoms with van der Waals surface area (Å²) in [5.41, 5.74) is 5.73. The van der Waals surface area contributed by atoms with E-state index in [0.717, 1.165) is 25.4 Å². The topological polar surface area (TPSA) is 78.4 Å². The molecule has 1 aromatic heterocycles. The molecule has 88 valence electrons. The van der Waals surface area contributed by atoms with Gasteiger partial charge in [-0.1, -0.05) is 0 Å². The minimum absolute atomic E-state index is 0.0481. The quantitative estimate of drug-likeness (QED) is 0.806. The highest BCUT2D eigenvalue weighted by atomic mass is 31.0. The van der Waals surface area contributed by atoms with Crippen molar-refractivity contribution in [3.8, 4) is 0 Å². The number of oxazole rings is 1. The second-order valence-electron chi connectivity index (χ2n) is 3.84. The summed E-state index contributed by atoms with van der Waals surface area (Å²) in [7, 11) is 2.69. The highest BCUT2D eigenvalue weighted by molar-refractivity contribution is 7.16. The predicted molar refractivity (Wildman–Crippen MR) is 61.1 cm³/mol. The van der Waals surface area contributed by atoms with Crippen molar-refractivity contribution in [3.63, 3.8) is 0 Å². The second kappa shape index (κ2) is 4.93. The van der Waals surface area contributed by atoms with E-state index in [2.05, 4.69) is 14.2 Å². The van der Waals surface area contributed by atoms with Gasteiger partial charge in [-0.3, -0.25) is 4.79 Å². The first kappa shape index (κ1) is 11.6. The van der Waals surface area contributed by atoms with E-state index in [9.17, 15) is 4.79 Å². The Hall–Kier alpha value is -0.930. The van der Waals surface area contributed by atoms with Crippen molar-refractivity contribution in [3.05, 3.63) is 17.8 Å². The van der Waals surface area contributed by atoms with Crippen molar-refractivity contribution in [2.24, 2.45) is 5.73 Å². The molecule has 2 unspecified atom stereocenters. The lowest BCUT2D eigenvalue weighted by molar-refractivity contribution is 0.0410. The van der Waals surface area contributed by atoms with Gasteiger partial charge in [0.15, 0.2) is 0 Å². The molecule has 0 aliphatic carbocycles. The van der Waals surface area contributed by atoms with E-state index in [0.29, 0.717) is 5.69 Å². The van der Waals surface area contributed by atoms with Crippen LogP contribution in [0.15, 0.2) is 10.7 Å². The molecule has 1 aliphatic rings. The Labute approximate surface area is 95.9 Å². The van der Waals surface area contributed by atoms with Crippen molar-refractivity contribution in [2.45, 2.75) is 31.5 Å². The van der Waals surface area contributed by atoms with Crippen LogP contribution in [0.1, 0.15) is 41.7 Å². The Balaban J connectivity index is 2.00. The number of carbonyl (C=O) groups excluding carboxylic acids is 1. The Morgan fingerprint density at radius 2 is 2.44 bits per heavy atom. The maximum absolute atomic E-state index is 10.8. The Morgan fingerprint density at radius 3 is 3.06 bits per heavy atom. The van der Waals surface area contributed by atoms with Gasteiger partial charge in [-0.2, -0.15) is 0 Å². The van der Waals surface area contributed by atoms with Gasteiger partial charge in [0.2, 0.25) is 0 Å². The average Bonchev–Trinajstić information content (AvgIpc) is 2.84. The fourth-order valence-corrected chi connectivity index (χ4v) is 2.24. The summed E-state index contributed by atoms with van der Waals surface area (Å²) in [5, 5.41) is 0. The summed E-state index contributed by atoms with van der Waals surface area (Å²) in [4.78, 5) is 14.8. The van der Waals surface area contributed by atoms with Crippen LogP contribution in [0.4, 0.5) is 0 Å². The van der Waals surface area contributed by atoms with Gasteiger partial charge in [0.05, 0.1) is 6.10 Å². The number of rotatable bonds is 4. The summed E-state index contributed by atoms with van der Waals surface area (Å²) in [6.45, 7) is 0. The highest BCUT2D eigenvalue weighted by Gasteiger charge is 2.28. The Morgan fingerprint density at radius 1 is 1.62 bits per heavy atom. The van der Waals surface area contributed by atoms with Gasteiger partial charge in [-0.25, -0.2) is 4.98 Å². The van der Waals surface area contributed by atoms with Gasteiger partial charge in [0.1, 0.15) is 18.1 Å². The lowest BCUT2D eigenvalue weighted by atomic mass is 10.1. The number of nitrogens with two attached hydrogens (primary N) is 1. The third-order valence-electron chi connectivity index (χ3n) is 2.66. The molecule has 1 saturated heterocycles. The minimum atomic E-state index is -0.647. The van der Waals surface area contributed by atoms with E-state index in [4.69, 9.17) is 14.9 Å². The van der Waals surface area contributed by atoms with E-state index in [1.807, 2.05) is 0 Å². The molecule has 1 aromatic rings. The summed E-state index contributed by atoms with van der Waals surface area (Å²) >= 11 is 0. The smallest absolute Gasteiger partial charge is 0.304 e. The molecule has 2 rings (SSSR count). The minimum Gasteiger partial charge on any atom is -0.441 e. The summed E-state index contributed by atoms with van der Waals surface area (Å²) in [6, 6.07) is 0. The van der Waals surface area contributed by atoms with E-state index in [-0.39, 0.29) is 18.1 Å². The highest BCUT2D eigenvalue weighted by Crippen LogP contribution is 2.33. The van der Waals surface area contributed by atoms with Crippen LogP contribution in [0.5, 0.6) is 0 Å². The molecule has 0 saturated carbocycles. The molecular formula is C10H15N2O3P. The van der Waals surface area contributed by atoms with Crippen molar-refractivity contribution in [1.29, 1.82) is 0 Å². The summed E-state index contributed by atoms with van der Waals surface area (Å²) in [5.74, 6) is -0.696. The van der Waals surface area contributed by atoms with Crippen LogP contribution in [0.3, 0.4) is 0 Å². The lowest BCUT2D eigenvalue weighted by Gasteiger charge is -2.10. The fourth-order valence-electron chi connectivity index (χ4n) is 1.87. The molecule has 5 nitrogen and oxygen atoms in total. The van der Waals surface area contributed by atoms with Gasteiger partial charge in [0.25, 0.3) is 5.89 Å². The van der Waals surface area contributed by atoms with Crippen LogP contribution in [-0.4, -0.2) is 23.2 Å². The average molecular weight is 242 g/mol. The monoisotopic (exact) mass is 242 g/mol. The largest absolute Gasteiger partial charge is 0.441 e. The number of primary amides is 1. The van der Waals surface area contributed by atoms with Crippen LogP contribution in [0.2, 0.25) is 0 Å². The van der Waals surface area contributed by atoms with E-state index in [1.165, 1.54) is 6.26 Å². The molecule has 0 radical (unpaired) electrons. The van der Waals surface area contributed by atoms with Gasteiger partial charge in [-0.05, 0) is 25.4 Å². The van der Waals surface area contributed by atoms with Crippen LogP contribution >= 0.6 is 9.24 Å². The number of nitrogens with zero attached hydrogens (tertiary/aromatic N) is 1. The first-order valence-corrected chi connectivity index (χ1v) is 6.13. The zero-order chi connectivity index (χ0) is 11.5. The zero-order valence-corrected chi connectivity index (χ0v) is 10.0. The van der Waals surface area contributed by atoms with E-state index in [1.54, 1.807) is 0 Å². The molecule has 1 fully saturated rings. The van der Waals surface area contributed by atoms with E-state index < -0.39 is 5.91 Å². The maximum Gasteiger partial charge on any atom is 0.304 e. The summed E-state index contributed by atoms with van der Waals surface area (Å²) in [6.07, 6.45) is 5.69. The number of hydrogen-bond acceptors (Lipinski definition) is 4. The number of aromatic nitrogens is 1. The molecule has 2 heterocycles. The third kappa shape index (κ3) is 2.42. The van der Waals surface area contributed by atoms with Crippen LogP contribution in [0.25, 0.3) is 0 Å². The van der Waals surface area contributed by atoms with Crippen LogP contribution < -0.4 is 5.73 Å². The van der Waals surface area contributed by atoms with Crippen molar-refractivity contribution < 1.29 is 13.9 Å². The SMILES string of the molecule is NC(=O)c1nc([C@H]2CCC(CCP)O2)co1. The molecule has 16 heavy (non-hydrogen) atoms. The number of ether oxygens (including phenoxy) is 1. The van der Waals surface area contributed by atoms with Crippen LogP contribution in [-0.2, 0) is 4.74 Å². The Kier molecular flexibility index (Phi) is 3.56. The molecular weight excluding hydrogens is 227 g/mol. The molecule has 1 amide bonds. The number of carbonyl (C=O) groups is 1. The second-order valence-corrected chi connectivity index (χ2v) is 4.42. The molecule has 0 bridgehead atoms. The van der Waals surface area contributed by atoms with Crippen molar-refractivity contribution in [2.75, 3.05) is 6.16 Å². The number of amides is 1. The standard InChI is InChI=1S/C10H15N2O3P/c11-9(13)10-12-7(5-14-10)8-2-1-6(15-8)3-4-16/h5-6,8H,1-4,16H2,(H2,11,13)/t6?,8-/m1/s1. The zero-order valence-electron chi connectivity index (χ0n) is 8.89. The van der Waals surface area contributed by atoms with E-state index >= 15 is 0 Å².